The van der Waals surface area contributed by atoms with Gasteiger partial charge in [0.05, 0.1) is 4.90 Å². The Bertz CT molecular complexity index is 569. The second-order valence-electron chi connectivity index (χ2n) is 6.22. The van der Waals surface area contributed by atoms with E-state index in [0.717, 1.165) is 36.0 Å². The molecule has 1 aliphatic carbocycles. The molecule has 112 valence electrons. The monoisotopic (exact) mass is 295 g/mol. The topological polar surface area (TPSA) is 46.2 Å². The second-order valence-corrected chi connectivity index (χ2v) is 7.87. The molecule has 1 aromatic rings. The summed E-state index contributed by atoms with van der Waals surface area (Å²) in [6.45, 7) is 7.88. The van der Waals surface area contributed by atoms with Crippen LogP contribution >= 0.6 is 0 Å². The standard InChI is InChI=1S/C16H25NO2S/c1-11-9-13(3)16(14(4)10-11)20(18,19)17-15-8-6-5-7-12(15)2/h9-10,12,15,17H,5-8H2,1-4H3. The predicted octanol–water partition coefficient (Wildman–Crippen LogP) is 3.47. The molecule has 2 rings (SSSR count). The lowest BCUT2D eigenvalue weighted by Crippen LogP contribution is -2.41. The van der Waals surface area contributed by atoms with Gasteiger partial charge in [-0.05, 0) is 50.7 Å². The molecule has 1 aromatic carbocycles. The number of nitrogens with one attached hydrogen (secondary N) is 1. The third-order valence-corrected chi connectivity index (χ3v) is 6.09. The SMILES string of the molecule is Cc1cc(C)c(S(=O)(=O)NC2CCCCC2C)c(C)c1. The Hall–Kier alpha value is -0.870. The zero-order valence-electron chi connectivity index (χ0n) is 12.9. The van der Waals surface area contributed by atoms with Crippen LogP contribution in [-0.2, 0) is 10.0 Å². The first-order valence-corrected chi connectivity index (χ1v) is 8.90. The molecule has 1 N–H and O–H groups in total. The van der Waals surface area contributed by atoms with Crippen LogP contribution in [0.5, 0.6) is 0 Å². The molecule has 0 heterocycles. The molecule has 0 bridgehead atoms. The van der Waals surface area contributed by atoms with Gasteiger partial charge >= 0.3 is 0 Å². The lowest BCUT2D eigenvalue weighted by Gasteiger charge is -2.29. The van der Waals surface area contributed by atoms with Crippen LogP contribution in [0, 0.1) is 26.7 Å². The van der Waals surface area contributed by atoms with E-state index < -0.39 is 10.0 Å². The van der Waals surface area contributed by atoms with Gasteiger partial charge in [0.1, 0.15) is 0 Å². The van der Waals surface area contributed by atoms with E-state index in [-0.39, 0.29) is 6.04 Å². The molecule has 4 heteroatoms. The van der Waals surface area contributed by atoms with E-state index >= 15 is 0 Å². The molecule has 0 aliphatic heterocycles. The van der Waals surface area contributed by atoms with Crippen molar-refractivity contribution in [1.29, 1.82) is 0 Å². The summed E-state index contributed by atoms with van der Waals surface area (Å²) in [5.41, 5.74) is 2.77. The first-order chi connectivity index (χ1) is 9.31. The maximum Gasteiger partial charge on any atom is 0.241 e. The van der Waals surface area contributed by atoms with Crippen molar-refractivity contribution in [1.82, 2.24) is 4.72 Å². The highest BCUT2D eigenvalue weighted by atomic mass is 32.2. The Morgan fingerprint density at radius 1 is 1.05 bits per heavy atom. The fourth-order valence-corrected chi connectivity index (χ4v) is 5.17. The van der Waals surface area contributed by atoms with Crippen molar-refractivity contribution in [3.8, 4) is 0 Å². The average Bonchev–Trinajstić information content (AvgIpc) is 2.30. The molecule has 20 heavy (non-hydrogen) atoms. The molecule has 0 spiro atoms. The van der Waals surface area contributed by atoms with Crippen LogP contribution in [0.4, 0.5) is 0 Å². The molecule has 0 radical (unpaired) electrons. The summed E-state index contributed by atoms with van der Waals surface area (Å²) < 4.78 is 28.3. The average molecular weight is 295 g/mol. The van der Waals surface area contributed by atoms with Gasteiger partial charge in [-0.2, -0.15) is 0 Å². The van der Waals surface area contributed by atoms with E-state index in [2.05, 4.69) is 11.6 Å². The Morgan fingerprint density at radius 3 is 2.15 bits per heavy atom. The molecule has 1 aliphatic rings. The largest absolute Gasteiger partial charge is 0.241 e. The van der Waals surface area contributed by atoms with Crippen LogP contribution in [0.25, 0.3) is 0 Å². The third kappa shape index (κ3) is 3.23. The van der Waals surface area contributed by atoms with Crippen LogP contribution in [-0.4, -0.2) is 14.5 Å². The molecule has 1 fully saturated rings. The van der Waals surface area contributed by atoms with E-state index in [1.54, 1.807) is 0 Å². The number of aryl methyl sites for hydroxylation is 3. The van der Waals surface area contributed by atoms with Gasteiger partial charge in [0.2, 0.25) is 10.0 Å². The molecule has 2 unspecified atom stereocenters. The Kier molecular flexibility index (Phi) is 4.55. The third-order valence-electron chi connectivity index (χ3n) is 4.29. The van der Waals surface area contributed by atoms with E-state index in [1.165, 1.54) is 6.42 Å². The summed E-state index contributed by atoms with van der Waals surface area (Å²) >= 11 is 0. The van der Waals surface area contributed by atoms with Gasteiger partial charge in [0, 0.05) is 6.04 Å². The van der Waals surface area contributed by atoms with Crippen molar-refractivity contribution in [3.63, 3.8) is 0 Å². The van der Waals surface area contributed by atoms with Crippen molar-refractivity contribution >= 4 is 10.0 Å². The summed E-state index contributed by atoms with van der Waals surface area (Å²) in [6, 6.07) is 3.95. The van der Waals surface area contributed by atoms with Gasteiger partial charge in [-0.25, -0.2) is 13.1 Å². The predicted molar refractivity (Wildman–Crippen MR) is 82.4 cm³/mol. The highest BCUT2D eigenvalue weighted by Crippen LogP contribution is 2.27. The molecule has 1 saturated carbocycles. The summed E-state index contributed by atoms with van der Waals surface area (Å²) in [4.78, 5) is 0.459. The fraction of sp³-hybridized carbons (Fsp3) is 0.625. The smallest absolute Gasteiger partial charge is 0.208 e. The minimum absolute atomic E-state index is 0.0776. The van der Waals surface area contributed by atoms with Crippen LogP contribution in [0.2, 0.25) is 0 Å². The van der Waals surface area contributed by atoms with Crippen LogP contribution in [0.1, 0.15) is 49.3 Å². The Morgan fingerprint density at radius 2 is 1.60 bits per heavy atom. The second kappa shape index (κ2) is 5.86. The lowest BCUT2D eigenvalue weighted by atomic mass is 9.87. The zero-order valence-corrected chi connectivity index (χ0v) is 13.7. The highest BCUT2D eigenvalue weighted by Gasteiger charge is 2.28. The molecule has 3 nitrogen and oxygen atoms in total. The highest BCUT2D eigenvalue weighted by molar-refractivity contribution is 7.89. The molecule has 0 aromatic heterocycles. The summed E-state index contributed by atoms with van der Waals surface area (Å²) in [6.07, 6.45) is 4.38. The molecular formula is C16H25NO2S. The number of rotatable bonds is 3. The summed E-state index contributed by atoms with van der Waals surface area (Å²) in [5, 5.41) is 0. The van der Waals surface area contributed by atoms with Crippen molar-refractivity contribution in [2.45, 2.75) is 64.3 Å². The Labute approximate surface area is 122 Å². The van der Waals surface area contributed by atoms with Gasteiger partial charge in [0.25, 0.3) is 0 Å². The van der Waals surface area contributed by atoms with E-state index in [4.69, 9.17) is 0 Å². The lowest BCUT2D eigenvalue weighted by molar-refractivity contribution is 0.310. The Balaban J connectivity index is 2.31. The van der Waals surface area contributed by atoms with Crippen LogP contribution < -0.4 is 4.72 Å². The minimum atomic E-state index is -3.42. The van der Waals surface area contributed by atoms with Crippen molar-refractivity contribution in [3.05, 3.63) is 28.8 Å². The first-order valence-electron chi connectivity index (χ1n) is 7.41. The zero-order chi connectivity index (χ0) is 14.9. The van der Waals surface area contributed by atoms with Crippen LogP contribution in [0.15, 0.2) is 17.0 Å². The van der Waals surface area contributed by atoms with Gasteiger partial charge in [-0.1, -0.05) is 37.5 Å². The maximum atomic E-state index is 12.7. The van der Waals surface area contributed by atoms with E-state index in [1.807, 2.05) is 32.9 Å². The first kappa shape index (κ1) is 15.5. The molecular weight excluding hydrogens is 270 g/mol. The summed E-state index contributed by atoms with van der Waals surface area (Å²) in [5.74, 6) is 0.421. The van der Waals surface area contributed by atoms with Crippen LogP contribution in [0.3, 0.4) is 0 Å². The molecule has 2 atom stereocenters. The van der Waals surface area contributed by atoms with Gasteiger partial charge < -0.3 is 0 Å². The molecule has 0 saturated heterocycles. The quantitative estimate of drug-likeness (QED) is 0.928. The fourth-order valence-electron chi connectivity index (χ4n) is 3.34. The number of benzene rings is 1. The normalized spacial score (nSPS) is 23.8. The number of hydrogen-bond donors (Lipinski definition) is 1. The van der Waals surface area contributed by atoms with Crippen molar-refractivity contribution in [2.75, 3.05) is 0 Å². The van der Waals surface area contributed by atoms with Crippen molar-refractivity contribution < 1.29 is 8.42 Å². The number of hydrogen-bond acceptors (Lipinski definition) is 2. The minimum Gasteiger partial charge on any atom is -0.208 e. The van der Waals surface area contributed by atoms with Crippen molar-refractivity contribution in [2.24, 2.45) is 5.92 Å². The van der Waals surface area contributed by atoms with Gasteiger partial charge in [-0.15, -0.1) is 0 Å². The number of sulfonamides is 1. The molecule has 0 amide bonds. The maximum absolute atomic E-state index is 12.7. The van der Waals surface area contributed by atoms with Gasteiger partial charge in [0.15, 0.2) is 0 Å². The summed E-state index contributed by atoms with van der Waals surface area (Å²) in [7, 11) is -3.42. The van der Waals surface area contributed by atoms with Gasteiger partial charge in [-0.3, -0.25) is 0 Å². The van der Waals surface area contributed by atoms with E-state index in [0.29, 0.717) is 10.8 Å². The van der Waals surface area contributed by atoms with E-state index in [9.17, 15) is 8.42 Å².